The summed E-state index contributed by atoms with van der Waals surface area (Å²) in [4.78, 5) is 15.1. The fourth-order valence-corrected chi connectivity index (χ4v) is 5.08. The molecule has 2 aromatic carbocycles. The molecule has 0 aliphatic carbocycles. The van der Waals surface area contributed by atoms with Gasteiger partial charge in [-0.1, -0.05) is 49.2 Å². The van der Waals surface area contributed by atoms with E-state index in [9.17, 15) is 4.79 Å². The first-order valence-electron chi connectivity index (χ1n) is 10.1. The Bertz CT molecular complexity index is 1240. The van der Waals surface area contributed by atoms with E-state index in [2.05, 4.69) is 18.9 Å². The number of aromatic nitrogens is 2. The number of hydrogen-bond donors (Lipinski definition) is 0. The number of carbonyl (C=O) groups is 1. The van der Waals surface area contributed by atoms with Gasteiger partial charge in [-0.05, 0) is 35.2 Å². The topological polar surface area (TPSA) is 47.4 Å². The van der Waals surface area contributed by atoms with Gasteiger partial charge in [0.1, 0.15) is 0 Å². The van der Waals surface area contributed by atoms with Crippen molar-refractivity contribution in [2.24, 2.45) is 0 Å². The molecule has 8 heteroatoms. The minimum absolute atomic E-state index is 0.0328. The Morgan fingerprint density at radius 1 is 1.19 bits per heavy atom. The zero-order chi connectivity index (χ0) is 22.0. The Morgan fingerprint density at radius 3 is 2.68 bits per heavy atom. The average Bonchev–Trinajstić information content (AvgIpc) is 3.24. The highest BCUT2D eigenvalue weighted by Gasteiger charge is 2.49. The van der Waals surface area contributed by atoms with E-state index >= 15 is 4.39 Å². The highest BCUT2D eigenvalue weighted by atomic mass is 35.5. The van der Waals surface area contributed by atoms with Gasteiger partial charge in [0.25, 0.3) is 5.91 Å². The number of carbonyl (C=O) groups excluding carboxylic acids is 1. The summed E-state index contributed by atoms with van der Waals surface area (Å²) in [5, 5.41) is 5.14. The number of amides is 1. The van der Waals surface area contributed by atoms with Gasteiger partial charge in [0, 0.05) is 29.0 Å². The molecule has 1 atom stereocenters. The van der Waals surface area contributed by atoms with E-state index in [1.165, 1.54) is 11.0 Å². The number of rotatable bonds is 4. The molecule has 2 aliphatic rings. The average molecular weight is 460 g/mol. The number of nitrogens with zero attached hydrogens (tertiary/aromatic N) is 3. The molecule has 0 spiro atoms. The van der Waals surface area contributed by atoms with E-state index in [0.29, 0.717) is 29.4 Å². The largest absolute Gasteiger partial charge is 0.383 e. The summed E-state index contributed by atoms with van der Waals surface area (Å²) in [6, 6.07) is 8.26. The van der Waals surface area contributed by atoms with Crippen molar-refractivity contribution in [1.82, 2.24) is 9.78 Å². The number of hydrogen-bond acceptors (Lipinski definition) is 3. The maximum Gasteiger partial charge on any atom is 0.280 e. The number of methoxy groups -OCH3 is 1. The van der Waals surface area contributed by atoms with Crippen LogP contribution in [0.2, 0.25) is 10.0 Å². The van der Waals surface area contributed by atoms with E-state index in [1.807, 2.05) is 16.8 Å². The lowest BCUT2D eigenvalue weighted by atomic mass is 9.85. The van der Waals surface area contributed by atoms with E-state index in [4.69, 9.17) is 27.9 Å². The first kappa shape index (κ1) is 20.5. The van der Waals surface area contributed by atoms with Crippen LogP contribution in [-0.2, 0) is 11.3 Å². The molecule has 0 fully saturated rings. The molecule has 31 heavy (non-hydrogen) atoms. The summed E-state index contributed by atoms with van der Waals surface area (Å²) in [5.41, 5.74) is 4.54. The lowest BCUT2D eigenvalue weighted by Crippen LogP contribution is -2.34. The molecule has 1 unspecified atom stereocenters. The first-order chi connectivity index (χ1) is 14.8. The third-order valence-corrected chi connectivity index (χ3v) is 6.47. The van der Waals surface area contributed by atoms with Crippen molar-refractivity contribution >= 4 is 34.8 Å². The number of halogens is 3. The lowest BCUT2D eigenvalue weighted by Gasteiger charge is -2.35. The van der Waals surface area contributed by atoms with Crippen molar-refractivity contribution in [3.05, 3.63) is 68.7 Å². The molecule has 3 heterocycles. The number of benzene rings is 2. The Labute approximate surface area is 189 Å². The molecule has 0 saturated carbocycles. The SMILES string of the molecule is COCCn1nc2c(c1C(C)C)C1c3ccc(Cl)cc3-c3ccc(Cl)c(F)c3N1C2=O. The summed E-state index contributed by atoms with van der Waals surface area (Å²) in [6.07, 6.45) is 0. The van der Waals surface area contributed by atoms with Crippen molar-refractivity contribution in [3.63, 3.8) is 0 Å². The van der Waals surface area contributed by atoms with E-state index in [1.54, 1.807) is 19.2 Å². The molecule has 1 amide bonds. The lowest BCUT2D eigenvalue weighted by molar-refractivity contribution is 0.0985. The van der Waals surface area contributed by atoms with Crippen LogP contribution < -0.4 is 4.90 Å². The third-order valence-electron chi connectivity index (χ3n) is 5.95. The zero-order valence-electron chi connectivity index (χ0n) is 17.2. The number of ether oxygens (including phenoxy) is 1. The minimum atomic E-state index is -0.619. The summed E-state index contributed by atoms with van der Waals surface area (Å²) < 4.78 is 22.4. The van der Waals surface area contributed by atoms with Crippen LogP contribution in [0.1, 0.15) is 53.1 Å². The van der Waals surface area contributed by atoms with Gasteiger partial charge in [-0.3, -0.25) is 14.4 Å². The second kappa shape index (κ2) is 7.33. The monoisotopic (exact) mass is 459 g/mol. The molecular weight excluding hydrogens is 440 g/mol. The van der Waals surface area contributed by atoms with Gasteiger partial charge in [-0.25, -0.2) is 4.39 Å². The van der Waals surface area contributed by atoms with Crippen molar-refractivity contribution in [3.8, 4) is 11.1 Å². The Kier molecular flexibility index (Phi) is 4.84. The number of fused-ring (bicyclic) bond motifs is 8. The van der Waals surface area contributed by atoms with Crippen molar-refractivity contribution in [1.29, 1.82) is 0 Å². The highest BCUT2D eigenvalue weighted by molar-refractivity contribution is 6.32. The van der Waals surface area contributed by atoms with E-state index in [-0.39, 0.29) is 22.5 Å². The number of anilines is 1. The standard InChI is InChI=1S/C23H20Cl2FN3O2/c1-11(2)20-17-19(27-28(20)8-9-31-3)23(30)29-21(17)13-5-4-12(24)10-15(13)14-6-7-16(25)18(26)22(14)29/h4-7,10-11,21H,8-9H2,1-3H3. The zero-order valence-corrected chi connectivity index (χ0v) is 18.8. The second-order valence-corrected chi connectivity index (χ2v) is 8.93. The van der Waals surface area contributed by atoms with E-state index < -0.39 is 11.9 Å². The van der Waals surface area contributed by atoms with Crippen LogP contribution >= 0.6 is 23.2 Å². The van der Waals surface area contributed by atoms with Crippen LogP contribution in [0.5, 0.6) is 0 Å². The molecule has 160 valence electrons. The smallest absolute Gasteiger partial charge is 0.280 e. The second-order valence-electron chi connectivity index (χ2n) is 8.08. The van der Waals surface area contributed by atoms with Crippen LogP contribution in [0.15, 0.2) is 30.3 Å². The van der Waals surface area contributed by atoms with Gasteiger partial charge in [-0.2, -0.15) is 5.10 Å². The predicted molar refractivity (Wildman–Crippen MR) is 119 cm³/mol. The molecule has 0 saturated heterocycles. The fraction of sp³-hybridized carbons (Fsp3) is 0.304. The highest BCUT2D eigenvalue weighted by Crippen LogP contribution is 2.54. The molecule has 3 aromatic rings. The first-order valence-corrected chi connectivity index (χ1v) is 10.8. The van der Waals surface area contributed by atoms with Crippen molar-refractivity contribution in [2.45, 2.75) is 32.4 Å². The Balaban J connectivity index is 1.82. The normalized spacial score (nSPS) is 16.4. The molecule has 0 N–H and O–H groups in total. The maximum atomic E-state index is 15.3. The Morgan fingerprint density at radius 2 is 1.97 bits per heavy atom. The molecular formula is C23H20Cl2FN3O2. The van der Waals surface area contributed by atoms with Gasteiger partial charge in [0.05, 0.1) is 29.9 Å². The van der Waals surface area contributed by atoms with Crippen molar-refractivity contribution < 1.29 is 13.9 Å². The van der Waals surface area contributed by atoms with Crippen LogP contribution in [0, 0.1) is 5.82 Å². The predicted octanol–water partition coefficient (Wildman–Crippen LogP) is 5.83. The van der Waals surface area contributed by atoms with Gasteiger partial charge in [0.2, 0.25) is 0 Å². The molecule has 0 bridgehead atoms. The van der Waals surface area contributed by atoms with Crippen molar-refractivity contribution in [2.75, 3.05) is 18.6 Å². The van der Waals surface area contributed by atoms with Gasteiger partial charge < -0.3 is 4.74 Å². The molecule has 1 aromatic heterocycles. The van der Waals surface area contributed by atoms with Crippen LogP contribution in [-0.4, -0.2) is 29.4 Å². The molecule has 5 nitrogen and oxygen atoms in total. The molecule has 2 aliphatic heterocycles. The van der Waals surface area contributed by atoms with Gasteiger partial charge >= 0.3 is 0 Å². The Hall–Kier alpha value is -2.41. The molecule has 5 rings (SSSR count). The summed E-state index contributed by atoms with van der Waals surface area (Å²) >= 11 is 12.4. The fourth-order valence-electron chi connectivity index (χ4n) is 4.75. The van der Waals surface area contributed by atoms with Gasteiger partial charge in [0.15, 0.2) is 11.5 Å². The van der Waals surface area contributed by atoms with Crippen LogP contribution in [0.3, 0.4) is 0 Å². The van der Waals surface area contributed by atoms with Gasteiger partial charge in [-0.15, -0.1) is 0 Å². The van der Waals surface area contributed by atoms with Crippen LogP contribution in [0.25, 0.3) is 11.1 Å². The quantitative estimate of drug-likeness (QED) is 0.492. The summed E-state index contributed by atoms with van der Waals surface area (Å²) in [6.45, 7) is 5.12. The third kappa shape index (κ3) is 2.85. The summed E-state index contributed by atoms with van der Waals surface area (Å²) in [7, 11) is 1.63. The van der Waals surface area contributed by atoms with Crippen LogP contribution in [0.4, 0.5) is 10.1 Å². The summed E-state index contributed by atoms with van der Waals surface area (Å²) in [5.74, 6) is -0.852. The minimum Gasteiger partial charge on any atom is -0.383 e. The molecule has 0 radical (unpaired) electrons. The maximum absolute atomic E-state index is 15.3. The van der Waals surface area contributed by atoms with E-state index in [0.717, 1.165) is 22.4 Å².